The van der Waals surface area contributed by atoms with Crippen LogP contribution < -0.4 is 10.6 Å². The fraction of sp³-hybridized carbons (Fsp3) is 0.474. The average Bonchev–Trinajstić information content (AvgIpc) is 3.09. The van der Waals surface area contributed by atoms with Crippen molar-refractivity contribution in [1.29, 1.82) is 0 Å². The van der Waals surface area contributed by atoms with Crippen LogP contribution in [0.25, 0.3) is 0 Å². The van der Waals surface area contributed by atoms with E-state index in [0.717, 1.165) is 38.6 Å². The summed E-state index contributed by atoms with van der Waals surface area (Å²) in [6, 6.07) is 10.6. The Morgan fingerprint density at radius 3 is 2.88 bits per heavy atom. The summed E-state index contributed by atoms with van der Waals surface area (Å²) >= 11 is 0. The van der Waals surface area contributed by atoms with Gasteiger partial charge in [-0.2, -0.15) is 5.10 Å². The van der Waals surface area contributed by atoms with Gasteiger partial charge in [-0.25, -0.2) is 0 Å². The van der Waals surface area contributed by atoms with Crippen LogP contribution in [0.15, 0.2) is 47.7 Å². The van der Waals surface area contributed by atoms with Crippen molar-refractivity contribution in [2.45, 2.75) is 39.7 Å². The zero-order chi connectivity index (χ0) is 17.2. The summed E-state index contributed by atoms with van der Waals surface area (Å²) in [5, 5.41) is 10.9. The first-order valence-electron chi connectivity index (χ1n) is 8.75. The van der Waals surface area contributed by atoms with E-state index >= 15 is 0 Å². The van der Waals surface area contributed by atoms with Crippen LogP contribution >= 0.6 is 0 Å². The first-order chi connectivity index (χ1) is 11.7. The molecule has 1 aromatic carbocycles. The highest BCUT2D eigenvalue weighted by Gasteiger charge is 2.06. The maximum Gasteiger partial charge on any atom is 0.191 e. The van der Waals surface area contributed by atoms with E-state index in [9.17, 15) is 0 Å². The second kappa shape index (κ2) is 9.75. The number of guanidine groups is 1. The maximum absolute atomic E-state index is 4.73. The molecular formula is C19H29N5. The zero-order valence-electron chi connectivity index (χ0n) is 15.0. The van der Waals surface area contributed by atoms with Crippen LogP contribution in [0.4, 0.5) is 0 Å². The molecule has 1 atom stereocenters. The first kappa shape index (κ1) is 18.0. The van der Waals surface area contributed by atoms with E-state index in [2.05, 4.69) is 60.8 Å². The molecule has 0 spiro atoms. The van der Waals surface area contributed by atoms with Crippen LogP contribution in [0.1, 0.15) is 37.3 Å². The van der Waals surface area contributed by atoms with Crippen molar-refractivity contribution >= 4 is 5.96 Å². The van der Waals surface area contributed by atoms with Gasteiger partial charge in [0.15, 0.2) is 5.96 Å². The van der Waals surface area contributed by atoms with E-state index in [4.69, 9.17) is 4.99 Å². The number of rotatable bonds is 8. The van der Waals surface area contributed by atoms with Crippen molar-refractivity contribution in [3.8, 4) is 0 Å². The number of nitrogens with one attached hydrogen (secondary N) is 2. The normalized spacial score (nSPS) is 12.9. The molecule has 0 aliphatic carbocycles. The second-order valence-electron chi connectivity index (χ2n) is 6.08. The van der Waals surface area contributed by atoms with E-state index in [1.807, 2.05) is 23.1 Å². The molecule has 0 saturated carbocycles. The minimum atomic E-state index is 0.407. The number of hydrogen-bond donors (Lipinski definition) is 2. The van der Waals surface area contributed by atoms with Crippen molar-refractivity contribution in [2.24, 2.45) is 4.99 Å². The molecule has 2 N–H and O–H groups in total. The minimum absolute atomic E-state index is 0.407. The summed E-state index contributed by atoms with van der Waals surface area (Å²) in [5.41, 5.74) is 2.64. The smallest absolute Gasteiger partial charge is 0.191 e. The Morgan fingerprint density at radius 1 is 1.29 bits per heavy atom. The molecule has 0 saturated heterocycles. The standard InChI is InChI=1S/C19H29N5/c1-4-20-19(21-10-6-12-24-13-7-11-23-24)22-15-17(3)18-9-5-8-16(2)14-18/h5,7-9,11,13-14,17H,4,6,10,12,15H2,1-3H3,(H2,20,21,22). The van der Waals surface area contributed by atoms with Crippen molar-refractivity contribution in [1.82, 2.24) is 20.4 Å². The van der Waals surface area contributed by atoms with Crippen molar-refractivity contribution in [2.75, 3.05) is 19.6 Å². The quantitative estimate of drug-likeness (QED) is 0.445. The van der Waals surface area contributed by atoms with Gasteiger partial charge in [-0.1, -0.05) is 36.8 Å². The second-order valence-corrected chi connectivity index (χ2v) is 6.08. The lowest BCUT2D eigenvalue weighted by molar-refractivity contribution is 0.570. The first-order valence-corrected chi connectivity index (χ1v) is 8.75. The van der Waals surface area contributed by atoms with Gasteiger partial charge < -0.3 is 10.6 Å². The molecule has 24 heavy (non-hydrogen) atoms. The summed E-state index contributed by atoms with van der Waals surface area (Å²) in [6.45, 7) is 9.88. The van der Waals surface area contributed by atoms with E-state index in [-0.39, 0.29) is 0 Å². The predicted octanol–water partition coefficient (Wildman–Crippen LogP) is 2.94. The van der Waals surface area contributed by atoms with Gasteiger partial charge in [0.1, 0.15) is 0 Å². The molecule has 2 rings (SSSR count). The Hall–Kier alpha value is -2.30. The van der Waals surface area contributed by atoms with Crippen LogP contribution in [0.2, 0.25) is 0 Å². The van der Waals surface area contributed by atoms with E-state index < -0.39 is 0 Å². The molecule has 0 radical (unpaired) electrons. The lowest BCUT2D eigenvalue weighted by Crippen LogP contribution is -2.38. The van der Waals surface area contributed by atoms with Gasteiger partial charge in [-0.05, 0) is 31.9 Å². The lowest BCUT2D eigenvalue weighted by Gasteiger charge is -2.14. The Labute approximate surface area is 145 Å². The largest absolute Gasteiger partial charge is 0.357 e. The van der Waals surface area contributed by atoms with Gasteiger partial charge >= 0.3 is 0 Å². The molecule has 0 amide bonds. The lowest BCUT2D eigenvalue weighted by atomic mass is 10.00. The molecule has 0 fully saturated rings. The summed E-state index contributed by atoms with van der Waals surface area (Å²) in [7, 11) is 0. The SMILES string of the molecule is CCNC(=NCC(C)c1cccc(C)c1)NCCCn1cccn1. The van der Waals surface area contributed by atoms with E-state index in [0.29, 0.717) is 5.92 Å². The fourth-order valence-electron chi connectivity index (χ4n) is 2.53. The van der Waals surface area contributed by atoms with E-state index in [1.54, 1.807) is 0 Å². The third kappa shape index (κ3) is 6.07. The van der Waals surface area contributed by atoms with E-state index in [1.165, 1.54) is 11.1 Å². The monoisotopic (exact) mass is 327 g/mol. The highest BCUT2D eigenvalue weighted by Crippen LogP contribution is 2.16. The molecule has 0 aliphatic rings. The fourth-order valence-corrected chi connectivity index (χ4v) is 2.53. The number of hydrogen-bond acceptors (Lipinski definition) is 2. The van der Waals surface area contributed by atoms with Crippen LogP contribution in [-0.4, -0.2) is 35.4 Å². The van der Waals surface area contributed by atoms with Gasteiger partial charge in [0.05, 0.1) is 0 Å². The summed E-state index contributed by atoms with van der Waals surface area (Å²) in [5.74, 6) is 1.29. The Balaban J connectivity index is 1.80. The number of aryl methyl sites for hydroxylation is 2. The summed E-state index contributed by atoms with van der Waals surface area (Å²) in [6.07, 6.45) is 4.81. The van der Waals surface area contributed by atoms with Gasteiger partial charge in [-0.15, -0.1) is 0 Å². The Morgan fingerprint density at radius 2 is 2.17 bits per heavy atom. The number of nitrogens with zero attached hydrogens (tertiary/aromatic N) is 3. The Kier molecular flexibility index (Phi) is 7.33. The Bertz CT molecular complexity index is 618. The predicted molar refractivity (Wildman–Crippen MR) is 100 cm³/mol. The number of aliphatic imine (C=N–C) groups is 1. The molecule has 0 bridgehead atoms. The van der Waals surface area contributed by atoms with Gasteiger partial charge in [0.2, 0.25) is 0 Å². The number of aromatic nitrogens is 2. The van der Waals surface area contributed by atoms with Gasteiger partial charge in [0.25, 0.3) is 0 Å². The van der Waals surface area contributed by atoms with Crippen LogP contribution in [0.5, 0.6) is 0 Å². The zero-order valence-corrected chi connectivity index (χ0v) is 15.0. The summed E-state index contributed by atoms with van der Waals surface area (Å²) < 4.78 is 1.95. The molecule has 5 nitrogen and oxygen atoms in total. The van der Waals surface area contributed by atoms with Gasteiger partial charge in [-0.3, -0.25) is 9.67 Å². The highest BCUT2D eigenvalue weighted by molar-refractivity contribution is 5.79. The van der Waals surface area contributed by atoms with Crippen LogP contribution in [-0.2, 0) is 6.54 Å². The molecule has 2 aromatic rings. The molecule has 0 aliphatic heterocycles. The van der Waals surface area contributed by atoms with Crippen LogP contribution in [0, 0.1) is 6.92 Å². The minimum Gasteiger partial charge on any atom is -0.357 e. The van der Waals surface area contributed by atoms with Crippen LogP contribution in [0.3, 0.4) is 0 Å². The van der Waals surface area contributed by atoms with Crippen molar-refractivity contribution in [3.05, 3.63) is 53.9 Å². The maximum atomic E-state index is 4.73. The average molecular weight is 327 g/mol. The molecule has 1 unspecified atom stereocenters. The van der Waals surface area contributed by atoms with Crippen molar-refractivity contribution < 1.29 is 0 Å². The highest BCUT2D eigenvalue weighted by atomic mass is 15.3. The molecule has 1 aromatic heterocycles. The van der Waals surface area contributed by atoms with Crippen molar-refractivity contribution in [3.63, 3.8) is 0 Å². The topological polar surface area (TPSA) is 54.2 Å². The summed E-state index contributed by atoms with van der Waals surface area (Å²) in [4.78, 5) is 4.73. The number of benzene rings is 1. The third-order valence-electron chi connectivity index (χ3n) is 3.89. The molecular weight excluding hydrogens is 298 g/mol. The molecule has 1 heterocycles. The third-order valence-corrected chi connectivity index (χ3v) is 3.89. The molecule has 5 heteroatoms. The molecule has 130 valence electrons. The van der Waals surface area contributed by atoms with Gasteiger partial charge in [0, 0.05) is 44.5 Å².